The number of benzene rings is 2. The van der Waals surface area contributed by atoms with Gasteiger partial charge in [0.1, 0.15) is 10.8 Å². The maximum atomic E-state index is 9.71. The number of phenolic OH excluding ortho intramolecular Hbond substituents is 1. The summed E-state index contributed by atoms with van der Waals surface area (Å²) in [5.41, 5.74) is 3.03. The normalized spacial score (nSPS) is 10.4. The summed E-state index contributed by atoms with van der Waals surface area (Å²) in [6.45, 7) is 0.600. The highest BCUT2D eigenvalue weighted by Crippen LogP contribution is 2.24. The molecule has 0 fully saturated rings. The Kier molecular flexibility index (Phi) is 3.65. The number of hydrogen-bond donors (Lipinski definition) is 2. The Morgan fingerprint density at radius 1 is 1.05 bits per heavy atom. The molecule has 0 amide bonds. The second-order valence-corrected chi connectivity index (χ2v) is 5.29. The fourth-order valence-corrected chi connectivity index (χ4v) is 2.60. The van der Waals surface area contributed by atoms with E-state index in [0.29, 0.717) is 12.3 Å². The summed E-state index contributed by atoms with van der Waals surface area (Å²) in [5.74, 6) is 0.319. The fourth-order valence-electron chi connectivity index (χ4n) is 1.95. The first-order valence-corrected chi connectivity index (χ1v) is 7.21. The lowest BCUT2D eigenvalue weighted by atomic mass is 10.2. The Morgan fingerprint density at radius 2 is 1.85 bits per heavy atom. The van der Waals surface area contributed by atoms with Crippen molar-refractivity contribution in [3.63, 3.8) is 0 Å². The number of aromatic hydroxyl groups is 1. The van der Waals surface area contributed by atoms with Gasteiger partial charge in [-0.2, -0.15) is 0 Å². The van der Waals surface area contributed by atoms with Crippen LogP contribution in [-0.2, 0) is 6.54 Å². The van der Waals surface area contributed by atoms with E-state index in [2.05, 4.69) is 10.3 Å². The number of para-hydroxylation sites is 1. The van der Waals surface area contributed by atoms with Crippen LogP contribution in [0.25, 0.3) is 10.6 Å². The number of aromatic nitrogens is 1. The van der Waals surface area contributed by atoms with Gasteiger partial charge in [0.2, 0.25) is 0 Å². The Bertz CT molecular complexity index is 678. The molecule has 0 aliphatic rings. The quantitative estimate of drug-likeness (QED) is 0.756. The fraction of sp³-hybridized carbons (Fsp3) is 0.0625. The summed E-state index contributed by atoms with van der Waals surface area (Å²) in [6, 6.07) is 15.5. The largest absolute Gasteiger partial charge is 0.508 e. The number of anilines is 1. The van der Waals surface area contributed by atoms with Gasteiger partial charge in [0.05, 0.1) is 0 Å². The summed E-state index contributed by atoms with van der Waals surface area (Å²) in [7, 11) is 0. The van der Waals surface area contributed by atoms with Crippen LogP contribution in [0.15, 0.2) is 60.1 Å². The highest BCUT2D eigenvalue weighted by Gasteiger charge is 2.02. The first-order valence-electron chi connectivity index (χ1n) is 6.33. The van der Waals surface area contributed by atoms with Crippen LogP contribution in [0, 0.1) is 0 Å². The second kappa shape index (κ2) is 5.75. The molecule has 0 spiro atoms. The third kappa shape index (κ3) is 2.81. The van der Waals surface area contributed by atoms with Crippen LogP contribution >= 0.6 is 11.3 Å². The maximum Gasteiger partial charge on any atom is 0.123 e. The van der Waals surface area contributed by atoms with Crippen LogP contribution in [0.5, 0.6) is 5.75 Å². The van der Waals surface area contributed by atoms with Gasteiger partial charge in [0.15, 0.2) is 0 Å². The highest BCUT2D eigenvalue weighted by molar-refractivity contribution is 7.13. The molecule has 4 heteroatoms. The molecule has 1 heterocycles. The lowest BCUT2D eigenvalue weighted by Crippen LogP contribution is -1.99. The van der Waals surface area contributed by atoms with Crippen molar-refractivity contribution in [2.45, 2.75) is 6.54 Å². The summed E-state index contributed by atoms with van der Waals surface area (Å²) < 4.78 is 0. The third-order valence-electron chi connectivity index (χ3n) is 3.04. The van der Waals surface area contributed by atoms with E-state index in [-0.39, 0.29) is 0 Å². The summed E-state index contributed by atoms with van der Waals surface area (Å²) in [6.07, 6.45) is 1.81. The standard InChI is InChI=1S/C16H14N2OS/c19-15-4-2-1-3-13(15)11-18-14-7-5-12(6-8-14)16-17-9-10-20-16/h1-10,18-19H,11H2. The van der Waals surface area contributed by atoms with E-state index in [9.17, 15) is 5.11 Å². The molecule has 0 aliphatic heterocycles. The average Bonchev–Trinajstić information content (AvgIpc) is 3.01. The number of nitrogens with one attached hydrogen (secondary N) is 1. The average molecular weight is 282 g/mol. The van der Waals surface area contributed by atoms with E-state index in [1.54, 1.807) is 17.4 Å². The molecule has 0 atom stereocenters. The van der Waals surface area contributed by atoms with Crippen LogP contribution in [-0.4, -0.2) is 10.1 Å². The minimum Gasteiger partial charge on any atom is -0.508 e. The molecule has 2 N–H and O–H groups in total. The van der Waals surface area contributed by atoms with Gasteiger partial charge in [-0.05, 0) is 30.3 Å². The summed E-state index contributed by atoms with van der Waals surface area (Å²) in [4.78, 5) is 4.29. The van der Waals surface area contributed by atoms with Gasteiger partial charge in [-0.1, -0.05) is 18.2 Å². The third-order valence-corrected chi connectivity index (χ3v) is 3.86. The number of nitrogens with zero attached hydrogens (tertiary/aromatic N) is 1. The first-order chi connectivity index (χ1) is 9.83. The highest BCUT2D eigenvalue weighted by atomic mass is 32.1. The van der Waals surface area contributed by atoms with Gasteiger partial charge in [-0.15, -0.1) is 11.3 Å². The molecule has 3 aromatic rings. The molecule has 0 aliphatic carbocycles. The van der Waals surface area contributed by atoms with Crippen molar-refractivity contribution in [1.29, 1.82) is 0 Å². The molecular formula is C16H14N2OS. The van der Waals surface area contributed by atoms with Crippen LogP contribution in [0.2, 0.25) is 0 Å². The predicted molar refractivity (Wildman–Crippen MR) is 83.0 cm³/mol. The lowest BCUT2D eigenvalue weighted by molar-refractivity contribution is 0.469. The van der Waals surface area contributed by atoms with E-state index in [0.717, 1.165) is 21.8 Å². The Hall–Kier alpha value is -2.33. The lowest BCUT2D eigenvalue weighted by Gasteiger charge is -2.08. The zero-order chi connectivity index (χ0) is 13.8. The molecule has 1 aromatic heterocycles. The van der Waals surface area contributed by atoms with Crippen molar-refractivity contribution in [3.8, 4) is 16.3 Å². The van der Waals surface area contributed by atoms with E-state index in [1.807, 2.05) is 54.0 Å². The van der Waals surface area contributed by atoms with Crippen molar-refractivity contribution in [2.75, 3.05) is 5.32 Å². The first kappa shape index (κ1) is 12.7. The van der Waals surface area contributed by atoms with Gasteiger partial charge in [0, 0.05) is 34.9 Å². The smallest absolute Gasteiger partial charge is 0.123 e. The topological polar surface area (TPSA) is 45.1 Å². The van der Waals surface area contributed by atoms with Crippen molar-refractivity contribution >= 4 is 17.0 Å². The zero-order valence-electron chi connectivity index (χ0n) is 10.8. The molecule has 0 saturated heterocycles. The number of phenols is 1. The molecule has 0 saturated carbocycles. The second-order valence-electron chi connectivity index (χ2n) is 4.40. The van der Waals surface area contributed by atoms with Gasteiger partial charge >= 0.3 is 0 Å². The van der Waals surface area contributed by atoms with Crippen LogP contribution < -0.4 is 5.32 Å². The Morgan fingerprint density at radius 3 is 2.55 bits per heavy atom. The van der Waals surface area contributed by atoms with Gasteiger partial charge in [0.25, 0.3) is 0 Å². The van der Waals surface area contributed by atoms with Crippen LogP contribution in [0.1, 0.15) is 5.56 Å². The molecule has 3 rings (SSSR count). The van der Waals surface area contributed by atoms with Gasteiger partial charge in [-0.25, -0.2) is 4.98 Å². The molecule has 2 aromatic carbocycles. The van der Waals surface area contributed by atoms with E-state index in [4.69, 9.17) is 0 Å². The molecule has 100 valence electrons. The molecule has 0 radical (unpaired) electrons. The van der Waals surface area contributed by atoms with E-state index in [1.165, 1.54) is 0 Å². The monoisotopic (exact) mass is 282 g/mol. The molecule has 0 bridgehead atoms. The van der Waals surface area contributed by atoms with Gasteiger partial charge < -0.3 is 10.4 Å². The Labute approximate surface area is 121 Å². The molecule has 20 heavy (non-hydrogen) atoms. The minimum atomic E-state index is 0.319. The van der Waals surface area contributed by atoms with E-state index < -0.39 is 0 Å². The van der Waals surface area contributed by atoms with Crippen molar-refractivity contribution in [3.05, 3.63) is 65.7 Å². The summed E-state index contributed by atoms with van der Waals surface area (Å²) >= 11 is 1.63. The van der Waals surface area contributed by atoms with Crippen LogP contribution in [0.4, 0.5) is 5.69 Å². The number of thiazole rings is 1. The molecule has 0 unspecified atom stereocenters. The molecular weight excluding hydrogens is 268 g/mol. The maximum absolute atomic E-state index is 9.71. The van der Waals surface area contributed by atoms with Crippen molar-refractivity contribution in [2.24, 2.45) is 0 Å². The number of rotatable bonds is 4. The predicted octanol–water partition coefficient (Wildman–Crippen LogP) is 4.13. The van der Waals surface area contributed by atoms with Crippen LogP contribution in [0.3, 0.4) is 0 Å². The van der Waals surface area contributed by atoms with Gasteiger partial charge in [-0.3, -0.25) is 0 Å². The summed E-state index contributed by atoms with van der Waals surface area (Å²) in [5, 5.41) is 16.0. The zero-order valence-corrected chi connectivity index (χ0v) is 11.6. The number of hydrogen-bond acceptors (Lipinski definition) is 4. The SMILES string of the molecule is Oc1ccccc1CNc1ccc(-c2nccs2)cc1. The van der Waals surface area contributed by atoms with E-state index >= 15 is 0 Å². The van der Waals surface area contributed by atoms with Crippen molar-refractivity contribution < 1.29 is 5.11 Å². The minimum absolute atomic E-state index is 0.319. The van der Waals surface area contributed by atoms with Crippen molar-refractivity contribution in [1.82, 2.24) is 4.98 Å². The Balaban J connectivity index is 1.68. The molecule has 3 nitrogen and oxygen atoms in total.